The lowest BCUT2D eigenvalue weighted by molar-refractivity contribution is 1.18. The van der Waals surface area contributed by atoms with Gasteiger partial charge < -0.3 is 9.47 Å². The Morgan fingerprint density at radius 2 is 0.750 bits per heavy atom. The van der Waals surface area contributed by atoms with Crippen molar-refractivity contribution in [3.05, 3.63) is 243 Å². The van der Waals surface area contributed by atoms with E-state index in [1.807, 2.05) is 0 Å². The van der Waals surface area contributed by atoms with Crippen molar-refractivity contribution in [1.82, 2.24) is 4.57 Å². The van der Waals surface area contributed by atoms with Crippen molar-refractivity contribution < 1.29 is 0 Å². The summed E-state index contributed by atoms with van der Waals surface area (Å²) in [6.07, 6.45) is 0. The average Bonchev–Trinajstić information content (AvgIpc) is 3.66. The van der Waals surface area contributed by atoms with Crippen LogP contribution in [-0.4, -0.2) is 4.57 Å². The molecule has 1 aromatic heterocycles. The van der Waals surface area contributed by atoms with E-state index in [9.17, 15) is 0 Å². The lowest BCUT2D eigenvalue weighted by Gasteiger charge is -2.29. The standard InChI is InChI=1S/C58H40N2/c1-4-17-41(18-5-1)46-33-37-57-52(39-46)53-40-47(42-19-6-2-7-20-42)34-38-58(53)60(57)56-29-15-13-27-51(56)45-31-35-48(36-32-45)59(55-30-16-24-44-23-10-11-25-50(44)55)54-28-14-12-26-49(54)43-21-8-3-9-22-43/h1-40H. The fourth-order valence-corrected chi connectivity index (χ4v) is 8.95. The largest absolute Gasteiger partial charge is 0.309 e. The average molecular weight is 765 g/mol. The smallest absolute Gasteiger partial charge is 0.0541 e. The van der Waals surface area contributed by atoms with E-state index in [-0.39, 0.29) is 0 Å². The zero-order valence-electron chi connectivity index (χ0n) is 33.0. The summed E-state index contributed by atoms with van der Waals surface area (Å²) in [7, 11) is 0. The number of hydrogen-bond donors (Lipinski definition) is 0. The first-order chi connectivity index (χ1) is 29.8. The second-order valence-electron chi connectivity index (χ2n) is 15.3. The summed E-state index contributed by atoms with van der Waals surface area (Å²) < 4.78 is 2.45. The van der Waals surface area contributed by atoms with E-state index in [0.717, 1.165) is 28.3 Å². The van der Waals surface area contributed by atoms with Crippen LogP contribution in [0, 0.1) is 0 Å². The predicted octanol–water partition coefficient (Wildman–Crippen LogP) is 16.1. The normalized spacial score (nSPS) is 11.3. The molecule has 0 aliphatic carbocycles. The Morgan fingerprint density at radius 3 is 1.40 bits per heavy atom. The Hall–Kier alpha value is -7.94. The molecular weight excluding hydrogens is 725 g/mol. The first-order valence-corrected chi connectivity index (χ1v) is 20.6. The van der Waals surface area contributed by atoms with Crippen LogP contribution in [0.1, 0.15) is 0 Å². The van der Waals surface area contributed by atoms with Crippen molar-refractivity contribution in [2.45, 2.75) is 0 Å². The summed E-state index contributed by atoms with van der Waals surface area (Å²) in [4.78, 5) is 2.42. The zero-order chi connectivity index (χ0) is 39.8. The summed E-state index contributed by atoms with van der Waals surface area (Å²) in [6, 6.07) is 87.9. The molecule has 0 radical (unpaired) electrons. The molecule has 0 aliphatic rings. The van der Waals surface area contributed by atoms with Crippen LogP contribution in [0.15, 0.2) is 243 Å². The molecule has 10 aromatic carbocycles. The van der Waals surface area contributed by atoms with Crippen molar-refractivity contribution in [2.24, 2.45) is 0 Å². The molecular formula is C58H40N2. The maximum Gasteiger partial charge on any atom is 0.0541 e. The van der Waals surface area contributed by atoms with Crippen molar-refractivity contribution in [1.29, 1.82) is 0 Å². The first kappa shape index (κ1) is 35.2. The summed E-state index contributed by atoms with van der Waals surface area (Å²) in [5.74, 6) is 0. The van der Waals surface area contributed by atoms with E-state index in [1.54, 1.807) is 0 Å². The Labute approximate surface area is 350 Å². The number of para-hydroxylation sites is 2. The van der Waals surface area contributed by atoms with Gasteiger partial charge in [0, 0.05) is 33.0 Å². The van der Waals surface area contributed by atoms with Crippen LogP contribution in [0.5, 0.6) is 0 Å². The number of hydrogen-bond acceptors (Lipinski definition) is 1. The molecule has 11 aromatic rings. The molecule has 0 N–H and O–H groups in total. The monoisotopic (exact) mass is 764 g/mol. The number of fused-ring (bicyclic) bond motifs is 4. The van der Waals surface area contributed by atoms with Crippen molar-refractivity contribution in [2.75, 3.05) is 4.90 Å². The highest BCUT2D eigenvalue weighted by Crippen LogP contribution is 2.45. The van der Waals surface area contributed by atoms with Crippen LogP contribution < -0.4 is 4.90 Å². The quantitative estimate of drug-likeness (QED) is 0.150. The van der Waals surface area contributed by atoms with Crippen LogP contribution in [0.25, 0.3) is 82.8 Å². The highest BCUT2D eigenvalue weighted by atomic mass is 15.1. The molecule has 0 bridgehead atoms. The Kier molecular flexibility index (Phi) is 8.87. The molecule has 1 heterocycles. The van der Waals surface area contributed by atoms with E-state index in [1.165, 1.54) is 71.5 Å². The van der Waals surface area contributed by atoms with Gasteiger partial charge in [0.05, 0.1) is 28.1 Å². The third-order valence-corrected chi connectivity index (χ3v) is 11.8. The lowest BCUT2D eigenvalue weighted by Crippen LogP contribution is -2.11. The van der Waals surface area contributed by atoms with Gasteiger partial charge in [-0.2, -0.15) is 0 Å². The predicted molar refractivity (Wildman–Crippen MR) is 255 cm³/mol. The number of aromatic nitrogens is 1. The minimum Gasteiger partial charge on any atom is -0.309 e. The molecule has 2 nitrogen and oxygen atoms in total. The Balaban J connectivity index is 1.08. The van der Waals surface area contributed by atoms with E-state index in [0.29, 0.717) is 0 Å². The van der Waals surface area contributed by atoms with Gasteiger partial charge in [0.1, 0.15) is 0 Å². The minimum absolute atomic E-state index is 1.09. The molecule has 11 rings (SSSR count). The van der Waals surface area contributed by atoms with E-state index in [4.69, 9.17) is 0 Å². The van der Waals surface area contributed by atoms with Gasteiger partial charge in [0.15, 0.2) is 0 Å². The molecule has 282 valence electrons. The number of rotatable bonds is 8. The van der Waals surface area contributed by atoms with Gasteiger partial charge in [-0.3, -0.25) is 0 Å². The molecule has 2 heteroatoms. The number of anilines is 3. The fourth-order valence-electron chi connectivity index (χ4n) is 8.95. The van der Waals surface area contributed by atoms with Crippen molar-refractivity contribution >= 4 is 49.6 Å². The Morgan fingerprint density at radius 1 is 0.283 bits per heavy atom. The number of benzene rings is 10. The van der Waals surface area contributed by atoms with E-state index >= 15 is 0 Å². The molecule has 0 saturated carbocycles. The highest BCUT2D eigenvalue weighted by Gasteiger charge is 2.21. The SMILES string of the molecule is c1ccc(-c2ccc3c(c2)c2cc(-c4ccccc4)ccc2n3-c2ccccc2-c2ccc(N(c3ccccc3-c3ccccc3)c3cccc4ccccc34)cc2)cc1. The zero-order valence-corrected chi connectivity index (χ0v) is 33.0. The van der Waals surface area contributed by atoms with Crippen LogP contribution in [-0.2, 0) is 0 Å². The van der Waals surface area contributed by atoms with Gasteiger partial charge in [0.25, 0.3) is 0 Å². The Bertz CT molecular complexity index is 3190. The van der Waals surface area contributed by atoms with Gasteiger partial charge in [0.2, 0.25) is 0 Å². The van der Waals surface area contributed by atoms with Crippen molar-refractivity contribution in [3.63, 3.8) is 0 Å². The van der Waals surface area contributed by atoms with Gasteiger partial charge in [-0.15, -0.1) is 0 Å². The van der Waals surface area contributed by atoms with Gasteiger partial charge in [-0.25, -0.2) is 0 Å². The summed E-state index contributed by atoms with van der Waals surface area (Å²) >= 11 is 0. The van der Waals surface area contributed by atoms with Gasteiger partial charge >= 0.3 is 0 Å². The maximum absolute atomic E-state index is 2.45. The lowest BCUT2D eigenvalue weighted by atomic mass is 9.99. The molecule has 0 amide bonds. The minimum atomic E-state index is 1.09. The summed E-state index contributed by atoms with van der Waals surface area (Å²) in [5.41, 5.74) is 16.4. The first-order valence-electron chi connectivity index (χ1n) is 20.6. The molecule has 0 fully saturated rings. The van der Waals surface area contributed by atoms with Crippen LogP contribution in [0.2, 0.25) is 0 Å². The van der Waals surface area contributed by atoms with E-state index in [2.05, 4.69) is 252 Å². The highest BCUT2D eigenvalue weighted by molar-refractivity contribution is 6.12. The second-order valence-corrected chi connectivity index (χ2v) is 15.3. The van der Waals surface area contributed by atoms with Gasteiger partial charge in [-0.05, 0) is 93.4 Å². The van der Waals surface area contributed by atoms with Crippen LogP contribution in [0.4, 0.5) is 17.1 Å². The molecule has 0 saturated heterocycles. The van der Waals surface area contributed by atoms with E-state index < -0.39 is 0 Å². The number of nitrogens with zero attached hydrogens (tertiary/aromatic N) is 2. The molecule has 60 heavy (non-hydrogen) atoms. The summed E-state index contributed by atoms with van der Waals surface area (Å²) in [5, 5.41) is 4.88. The second kappa shape index (κ2) is 15.1. The van der Waals surface area contributed by atoms with Crippen LogP contribution >= 0.6 is 0 Å². The summed E-state index contributed by atoms with van der Waals surface area (Å²) in [6.45, 7) is 0. The molecule has 0 atom stereocenters. The maximum atomic E-state index is 2.45. The van der Waals surface area contributed by atoms with Crippen LogP contribution in [0.3, 0.4) is 0 Å². The van der Waals surface area contributed by atoms with Crippen molar-refractivity contribution in [3.8, 4) is 50.2 Å². The fraction of sp³-hybridized carbons (Fsp3) is 0. The third kappa shape index (κ3) is 6.23. The van der Waals surface area contributed by atoms with Gasteiger partial charge in [-0.1, -0.05) is 188 Å². The molecule has 0 unspecified atom stereocenters. The third-order valence-electron chi connectivity index (χ3n) is 11.8. The topological polar surface area (TPSA) is 8.17 Å². The molecule has 0 aliphatic heterocycles. The molecule has 0 spiro atoms.